The van der Waals surface area contributed by atoms with E-state index < -0.39 is 11.6 Å². The van der Waals surface area contributed by atoms with Crippen LogP contribution in [0.3, 0.4) is 0 Å². The van der Waals surface area contributed by atoms with Gasteiger partial charge in [0.25, 0.3) is 0 Å². The van der Waals surface area contributed by atoms with E-state index in [1.807, 2.05) is 27.7 Å². The van der Waals surface area contributed by atoms with Crippen LogP contribution in [0, 0.1) is 5.92 Å². The van der Waals surface area contributed by atoms with E-state index in [1.54, 1.807) is 11.0 Å². The van der Waals surface area contributed by atoms with Crippen LogP contribution in [0.1, 0.15) is 50.9 Å². The SMILES string of the molecule is C[C@H](Nc1cc(C(=O)O)cc(Br)c1Cl)C1CCN(C(=O)OC(C)(C)C)CC1. The maximum atomic E-state index is 12.2. The molecule has 0 unspecified atom stereocenters. The number of nitrogens with one attached hydrogen (secondary N) is 1. The molecule has 1 atom stereocenters. The fourth-order valence-corrected chi connectivity index (χ4v) is 3.71. The number of carboxylic acid groups (broad SMARTS) is 1. The number of benzene rings is 1. The molecule has 8 heteroatoms. The zero-order valence-corrected chi connectivity index (χ0v) is 18.4. The van der Waals surface area contributed by atoms with Crippen LogP contribution in [0.15, 0.2) is 16.6 Å². The molecule has 0 spiro atoms. The highest BCUT2D eigenvalue weighted by atomic mass is 79.9. The standard InChI is InChI=1S/C19H26BrClN2O4/c1-11(22-15-10-13(17(24)25)9-14(20)16(15)21)12-5-7-23(8-6-12)18(26)27-19(2,3)4/h9-12,22H,5-8H2,1-4H3,(H,24,25)/t11-/m0/s1. The van der Waals surface area contributed by atoms with Crippen molar-refractivity contribution in [3.8, 4) is 0 Å². The van der Waals surface area contributed by atoms with Crippen LogP contribution < -0.4 is 5.32 Å². The number of hydrogen-bond donors (Lipinski definition) is 2. The number of anilines is 1. The van der Waals surface area contributed by atoms with Crippen LogP contribution in [0.2, 0.25) is 5.02 Å². The number of piperidine rings is 1. The van der Waals surface area contributed by atoms with Gasteiger partial charge in [0.05, 0.1) is 16.3 Å². The second-order valence-corrected chi connectivity index (χ2v) is 9.09. The molecule has 27 heavy (non-hydrogen) atoms. The Kier molecular flexibility index (Phi) is 7.03. The number of carbonyl (C=O) groups is 2. The molecule has 6 nitrogen and oxygen atoms in total. The molecule has 1 fully saturated rings. The topological polar surface area (TPSA) is 78.9 Å². The predicted molar refractivity (Wildman–Crippen MR) is 110 cm³/mol. The maximum absolute atomic E-state index is 12.2. The van der Waals surface area contributed by atoms with Gasteiger partial charge in [-0.3, -0.25) is 0 Å². The monoisotopic (exact) mass is 460 g/mol. The number of rotatable bonds is 4. The van der Waals surface area contributed by atoms with Crippen molar-refractivity contribution in [2.45, 2.75) is 52.2 Å². The number of hydrogen-bond acceptors (Lipinski definition) is 4. The van der Waals surface area contributed by atoms with Crippen molar-refractivity contribution < 1.29 is 19.4 Å². The first-order chi connectivity index (χ1) is 12.5. The van der Waals surface area contributed by atoms with Crippen molar-refractivity contribution >= 4 is 45.3 Å². The number of amides is 1. The first-order valence-electron chi connectivity index (χ1n) is 8.94. The number of ether oxygens (including phenoxy) is 1. The van der Waals surface area contributed by atoms with Gasteiger partial charge in [0, 0.05) is 23.6 Å². The number of carboxylic acids is 1. The van der Waals surface area contributed by atoms with E-state index in [0.29, 0.717) is 34.2 Å². The lowest BCUT2D eigenvalue weighted by molar-refractivity contribution is 0.0179. The summed E-state index contributed by atoms with van der Waals surface area (Å²) in [6.45, 7) is 8.89. The molecular weight excluding hydrogens is 436 g/mol. The summed E-state index contributed by atoms with van der Waals surface area (Å²) in [5, 5.41) is 13.0. The van der Waals surface area contributed by atoms with Crippen LogP contribution in [0.4, 0.5) is 10.5 Å². The molecule has 1 aromatic rings. The molecule has 0 saturated carbocycles. The Hall–Kier alpha value is -1.47. The normalized spacial score (nSPS) is 16.7. The molecule has 0 aromatic heterocycles. The van der Waals surface area contributed by atoms with E-state index in [4.69, 9.17) is 16.3 Å². The third-order valence-corrected chi connectivity index (χ3v) is 5.82. The van der Waals surface area contributed by atoms with E-state index in [1.165, 1.54) is 6.07 Å². The molecule has 1 aliphatic heterocycles. The second kappa shape index (κ2) is 8.69. The third-order valence-electron chi connectivity index (χ3n) is 4.56. The molecule has 2 rings (SSSR count). The average molecular weight is 462 g/mol. The fourth-order valence-electron chi connectivity index (χ4n) is 3.09. The van der Waals surface area contributed by atoms with Gasteiger partial charge < -0.3 is 20.1 Å². The number of likely N-dealkylation sites (tertiary alicyclic amines) is 1. The average Bonchev–Trinajstić information content (AvgIpc) is 2.57. The smallest absolute Gasteiger partial charge is 0.410 e. The van der Waals surface area contributed by atoms with Crippen molar-refractivity contribution in [3.05, 3.63) is 27.2 Å². The van der Waals surface area contributed by atoms with Crippen LogP contribution >= 0.6 is 27.5 Å². The molecule has 1 heterocycles. The Labute approximate surface area is 173 Å². The zero-order valence-electron chi connectivity index (χ0n) is 16.0. The summed E-state index contributed by atoms with van der Waals surface area (Å²) < 4.78 is 5.97. The van der Waals surface area contributed by atoms with Gasteiger partial charge in [-0.05, 0) is 74.5 Å². The van der Waals surface area contributed by atoms with E-state index in [9.17, 15) is 14.7 Å². The Morgan fingerprint density at radius 1 is 1.33 bits per heavy atom. The largest absolute Gasteiger partial charge is 0.478 e. The Morgan fingerprint density at radius 3 is 2.44 bits per heavy atom. The molecule has 0 aliphatic carbocycles. The summed E-state index contributed by atoms with van der Waals surface area (Å²) in [5.74, 6) is -0.666. The van der Waals surface area contributed by atoms with Crippen LogP contribution in [0.5, 0.6) is 0 Å². The van der Waals surface area contributed by atoms with Crippen molar-refractivity contribution in [1.29, 1.82) is 0 Å². The highest BCUT2D eigenvalue weighted by molar-refractivity contribution is 9.10. The third kappa shape index (κ3) is 6.01. The highest BCUT2D eigenvalue weighted by Gasteiger charge is 2.29. The van der Waals surface area contributed by atoms with Gasteiger partial charge >= 0.3 is 12.1 Å². The van der Waals surface area contributed by atoms with E-state index >= 15 is 0 Å². The van der Waals surface area contributed by atoms with Crippen LogP contribution in [-0.4, -0.2) is 46.8 Å². The molecule has 2 N–H and O–H groups in total. The predicted octanol–water partition coefficient (Wildman–Crippen LogP) is 5.25. The molecule has 1 aliphatic rings. The molecule has 1 saturated heterocycles. The lowest BCUT2D eigenvalue weighted by Crippen LogP contribution is -2.44. The van der Waals surface area contributed by atoms with E-state index in [0.717, 1.165) is 12.8 Å². The number of aromatic carboxylic acids is 1. The van der Waals surface area contributed by atoms with Gasteiger partial charge in [-0.25, -0.2) is 9.59 Å². The molecule has 150 valence electrons. The minimum absolute atomic E-state index is 0.0826. The van der Waals surface area contributed by atoms with Gasteiger partial charge in [0.2, 0.25) is 0 Å². The quantitative estimate of drug-likeness (QED) is 0.640. The van der Waals surface area contributed by atoms with E-state index in [-0.39, 0.29) is 17.7 Å². The van der Waals surface area contributed by atoms with Gasteiger partial charge in [0.15, 0.2) is 0 Å². The Morgan fingerprint density at radius 2 is 1.93 bits per heavy atom. The highest BCUT2D eigenvalue weighted by Crippen LogP contribution is 2.34. The lowest BCUT2D eigenvalue weighted by atomic mass is 9.90. The minimum atomic E-state index is -1.01. The Bertz CT molecular complexity index is 712. The van der Waals surface area contributed by atoms with Gasteiger partial charge in [-0.15, -0.1) is 0 Å². The number of carbonyl (C=O) groups excluding carboxylic acids is 1. The first kappa shape index (κ1) is 21.8. The van der Waals surface area contributed by atoms with E-state index in [2.05, 4.69) is 21.2 Å². The van der Waals surface area contributed by atoms with Crippen LogP contribution in [-0.2, 0) is 4.74 Å². The summed E-state index contributed by atoms with van der Waals surface area (Å²) in [6, 6.07) is 3.11. The summed E-state index contributed by atoms with van der Waals surface area (Å²) in [5.41, 5.74) is 0.258. The molecule has 0 bridgehead atoms. The van der Waals surface area contributed by atoms with Crippen molar-refractivity contribution in [2.24, 2.45) is 5.92 Å². The lowest BCUT2D eigenvalue weighted by Gasteiger charge is -2.36. The molecule has 1 amide bonds. The summed E-state index contributed by atoms with van der Waals surface area (Å²) in [7, 11) is 0. The fraction of sp³-hybridized carbons (Fsp3) is 0.579. The summed E-state index contributed by atoms with van der Waals surface area (Å²) in [6.07, 6.45) is 1.40. The first-order valence-corrected chi connectivity index (χ1v) is 10.1. The molecule has 1 aromatic carbocycles. The minimum Gasteiger partial charge on any atom is -0.478 e. The van der Waals surface area contributed by atoms with Gasteiger partial charge in [-0.1, -0.05) is 11.6 Å². The summed E-state index contributed by atoms with van der Waals surface area (Å²) >= 11 is 9.61. The van der Waals surface area contributed by atoms with Crippen LogP contribution in [0.25, 0.3) is 0 Å². The second-order valence-electron chi connectivity index (χ2n) is 7.86. The maximum Gasteiger partial charge on any atom is 0.410 e. The molecule has 0 radical (unpaired) electrons. The number of halogens is 2. The van der Waals surface area contributed by atoms with Crippen molar-refractivity contribution in [2.75, 3.05) is 18.4 Å². The van der Waals surface area contributed by atoms with Gasteiger partial charge in [0.1, 0.15) is 5.60 Å². The van der Waals surface area contributed by atoms with Crippen molar-refractivity contribution in [3.63, 3.8) is 0 Å². The zero-order chi connectivity index (χ0) is 20.4. The number of nitrogens with zero attached hydrogens (tertiary/aromatic N) is 1. The Balaban J connectivity index is 1.98. The van der Waals surface area contributed by atoms with Gasteiger partial charge in [-0.2, -0.15) is 0 Å². The van der Waals surface area contributed by atoms with Crippen molar-refractivity contribution in [1.82, 2.24) is 4.90 Å². The summed E-state index contributed by atoms with van der Waals surface area (Å²) in [4.78, 5) is 25.2. The molecular formula is C19H26BrClN2O4.